The fraction of sp³-hybridized carbons (Fsp3) is 1.00. The second-order valence-electron chi connectivity index (χ2n) is 4.13. The van der Waals surface area contributed by atoms with Crippen molar-refractivity contribution in [1.29, 1.82) is 0 Å². The van der Waals surface area contributed by atoms with Crippen molar-refractivity contribution >= 4 is 0 Å². The van der Waals surface area contributed by atoms with Crippen LogP contribution in [0, 0.1) is 0 Å². The lowest BCUT2D eigenvalue weighted by atomic mass is 10.2. The summed E-state index contributed by atoms with van der Waals surface area (Å²) in [5.74, 6) is 0. The largest absolute Gasteiger partial charge is 0.396 e. The molecule has 2 N–H and O–H groups in total. The zero-order valence-electron chi connectivity index (χ0n) is 10.6. The van der Waals surface area contributed by atoms with E-state index in [-0.39, 0.29) is 0 Å². The summed E-state index contributed by atoms with van der Waals surface area (Å²) in [6.07, 6.45) is 3.23. The predicted octanol–water partition coefficient (Wildman–Crippen LogP) is 1.47. The van der Waals surface area contributed by atoms with Crippen LogP contribution in [0.5, 0.6) is 0 Å². The number of hydrogen-bond donors (Lipinski definition) is 2. The van der Waals surface area contributed by atoms with Gasteiger partial charge in [0.15, 0.2) is 0 Å². The topological polar surface area (TPSA) is 35.5 Å². The summed E-state index contributed by atoms with van der Waals surface area (Å²) in [6, 6.07) is 0.569. The first-order valence-electron chi connectivity index (χ1n) is 6.31. The van der Waals surface area contributed by atoms with Crippen LogP contribution in [0.3, 0.4) is 0 Å². The van der Waals surface area contributed by atoms with Crippen LogP contribution in [0.25, 0.3) is 0 Å². The summed E-state index contributed by atoms with van der Waals surface area (Å²) in [7, 11) is 0. The number of aliphatic hydroxyl groups excluding tert-OH is 1. The Hall–Kier alpha value is -0.120. The molecule has 0 aromatic carbocycles. The predicted molar refractivity (Wildman–Crippen MR) is 66.2 cm³/mol. The molecule has 15 heavy (non-hydrogen) atoms. The first kappa shape index (κ1) is 14.9. The van der Waals surface area contributed by atoms with E-state index in [1.54, 1.807) is 0 Å². The molecule has 0 aromatic heterocycles. The molecule has 0 amide bonds. The molecule has 1 atom stereocenters. The van der Waals surface area contributed by atoms with E-state index >= 15 is 0 Å². The maximum Gasteiger partial charge on any atom is 0.0431 e. The summed E-state index contributed by atoms with van der Waals surface area (Å²) in [5, 5.41) is 12.1. The minimum absolute atomic E-state index is 0.328. The quantitative estimate of drug-likeness (QED) is 0.543. The van der Waals surface area contributed by atoms with E-state index in [0.29, 0.717) is 12.6 Å². The molecule has 1 unspecified atom stereocenters. The van der Waals surface area contributed by atoms with Crippen LogP contribution in [0.4, 0.5) is 0 Å². The fourth-order valence-electron chi connectivity index (χ4n) is 1.70. The van der Waals surface area contributed by atoms with Gasteiger partial charge in [0.25, 0.3) is 0 Å². The third kappa shape index (κ3) is 8.85. The van der Waals surface area contributed by atoms with Gasteiger partial charge in [-0.15, -0.1) is 0 Å². The Kier molecular flexibility index (Phi) is 10.3. The van der Waals surface area contributed by atoms with Gasteiger partial charge in [-0.05, 0) is 45.8 Å². The molecule has 0 saturated carbocycles. The Bertz CT molecular complexity index is 127. The minimum Gasteiger partial charge on any atom is -0.396 e. The summed E-state index contributed by atoms with van der Waals surface area (Å²) in [6.45, 7) is 11.4. The number of nitrogens with one attached hydrogen (secondary N) is 1. The van der Waals surface area contributed by atoms with Crippen molar-refractivity contribution in [3.63, 3.8) is 0 Å². The van der Waals surface area contributed by atoms with Crippen LogP contribution in [-0.4, -0.2) is 48.8 Å². The number of unbranched alkanes of at least 4 members (excludes halogenated alkanes) is 2. The molecular weight excluding hydrogens is 188 g/mol. The summed E-state index contributed by atoms with van der Waals surface area (Å²) in [4.78, 5) is 2.44. The lowest BCUT2D eigenvalue weighted by Gasteiger charge is -2.23. The zero-order valence-corrected chi connectivity index (χ0v) is 10.6. The van der Waals surface area contributed by atoms with Gasteiger partial charge in [0.05, 0.1) is 0 Å². The molecule has 0 rings (SSSR count). The average molecular weight is 216 g/mol. The maximum absolute atomic E-state index is 8.63. The van der Waals surface area contributed by atoms with Gasteiger partial charge in [0.2, 0.25) is 0 Å². The van der Waals surface area contributed by atoms with E-state index in [1.165, 1.54) is 6.42 Å². The highest BCUT2D eigenvalue weighted by molar-refractivity contribution is 4.65. The van der Waals surface area contributed by atoms with Crippen LogP contribution in [0.15, 0.2) is 0 Å². The molecule has 0 fully saturated rings. The molecule has 0 aromatic rings. The number of rotatable bonds is 10. The Morgan fingerprint density at radius 2 is 1.80 bits per heavy atom. The van der Waals surface area contributed by atoms with Crippen LogP contribution in [0.2, 0.25) is 0 Å². The molecule has 0 saturated heterocycles. The van der Waals surface area contributed by atoms with Crippen molar-refractivity contribution in [2.75, 3.05) is 32.8 Å². The minimum atomic E-state index is 0.328. The molecule has 0 aliphatic heterocycles. The van der Waals surface area contributed by atoms with E-state index < -0.39 is 0 Å². The zero-order chi connectivity index (χ0) is 11.5. The Morgan fingerprint density at radius 3 is 2.33 bits per heavy atom. The second kappa shape index (κ2) is 10.4. The highest BCUT2D eigenvalue weighted by Crippen LogP contribution is 1.95. The first-order chi connectivity index (χ1) is 7.24. The third-order valence-electron chi connectivity index (χ3n) is 2.75. The van der Waals surface area contributed by atoms with Gasteiger partial charge in [0, 0.05) is 19.2 Å². The Labute approximate surface area is 94.9 Å². The summed E-state index contributed by atoms with van der Waals surface area (Å²) in [5.41, 5.74) is 0. The first-order valence-corrected chi connectivity index (χ1v) is 6.31. The molecule has 3 heteroatoms. The molecule has 0 aliphatic rings. The number of nitrogens with zero attached hydrogens (tertiary/aromatic N) is 1. The van der Waals surface area contributed by atoms with Crippen LogP contribution in [0.1, 0.15) is 40.0 Å². The van der Waals surface area contributed by atoms with E-state index in [1.807, 2.05) is 0 Å². The van der Waals surface area contributed by atoms with Gasteiger partial charge in [0.1, 0.15) is 0 Å². The molecule has 0 bridgehead atoms. The van der Waals surface area contributed by atoms with Crippen LogP contribution in [-0.2, 0) is 0 Å². The highest BCUT2D eigenvalue weighted by atomic mass is 16.2. The second-order valence-corrected chi connectivity index (χ2v) is 4.13. The summed E-state index contributed by atoms with van der Waals surface area (Å²) >= 11 is 0. The highest BCUT2D eigenvalue weighted by Gasteiger charge is 2.05. The smallest absolute Gasteiger partial charge is 0.0431 e. The van der Waals surface area contributed by atoms with Crippen LogP contribution < -0.4 is 5.32 Å². The van der Waals surface area contributed by atoms with E-state index in [2.05, 4.69) is 31.0 Å². The van der Waals surface area contributed by atoms with Crippen LogP contribution >= 0.6 is 0 Å². The van der Waals surface area contributed by atoms with Gasteiger partial charge in [-0.3, -0.25) is 0 Å². The standard InChI is InChI=1S/C12H28N2O/c1-4-14(5-2)11-12(3)13-9-7-6-8-10-15/h12-13,15H,4-11H2,1-3H3. The summed E-state index contributed by atoms with van der Waals surface area (Å²) < 4.78 is 0. The Balaban J connectivity index is 3.35. The maximum atomic E-state index is 8.63. The number of hydrogen-bond acceptors (Lipinski definition) is 3. The molecule has 0 heterocycles. The fourth-order valence-corrected chi connectivity index (χ4v) is 1.70. The molecule has 0 aliphatic carbocycles. The van der Waals surface area contributed by atoms with Gasteiger partial charge < -0.3 is 15.3 Å². The van der Waals surface area contributed by atoms with Crippen molar-refractivity contribution in [3.05, 3.63) is 0 Å². The molecule has 0 radical (unpaired) electrons. The number of aliphatic hydroxyl groups is 1. The average Bonchev–Trinajstić information content (AvgIpc) is 2.25. The lowest BCUT2D eigenvalue weighted by molar-refractivity contribution is 0.267. The third-order valence-corrected chi connectivity index (χ3v) is 2.75. The monoisotopic (exact) mass is 216 g/mol. The van der Waals surface area contributed by atoms with Gasteiger partial charge in [-0.2, -0.15) is 0 Å². The Morgan fingerprint density at radius 1 is 1.13 bits per heavy atom. The van der Waals surface area contributed by atoms with Crippen molar-refractivity contribution in [1.82, 2.24) is 10.2 Å². The van der Waals surface area contributed by atoms with E-state index in [0.717, 1.165) is 39.0 Å². The SMILES string of the molecule is CCN(CC)CC(C)NCCCCCO. The molecular formula is C12H28N2O. The molecule has 0 spiro atoms. The van der Waals surface area contributed by atoms with Crippen molar-refractivity contribution in [3.8, 4) is 0 Å². The number of likely N-dealkylation sites (N-methyl/N-ethyl adjacent to an activating group) is 1. The van der Waals surface area contributed by atoms with Crippen molar-refractivity contribution in [2.45, 2.75) is 46.1 Å². The van der Waals surface area contributed by atoms with E-state index in [9.17, 15) is 0 Å². The van der Waals surface area contributed by atoms with Crippen molar-refractivity contribution in [2.24, 2.45) is 0 Å². The molecule has 3 nitrogen and oxygen atoms in total. The van der Waals surface area contributed by atoms with Gasteiger partial charge in [-0.25, -0.2) is 0 Å². The van der Waals surface area contributed by atoms with Gasteiger partial charge in [-0.1, -0.05) is 13.8 Å². The normalized spacial score (nSPS) is 13.4. The van der Waals surface area contributed by atoms with Crippen molar-refractivity contribution < 1.29 is 5.11 Å². The van der Waals surface area contributed by atoms with Gasteiger partial charge >= 0.3 is 0 Å². The van der Waals surface area contributed by atoms with E-state index in [4.69, 9.17) is 5.11 Å². The lowest BCUT2D eigenvalue weighted by Crippen LogP contribution is -2.39. The molecule has 92 valence electrons.